The molecule has 1 aromatic carbocycles. The number of para-hydroxylation sites is 1. The minimum Gasteiger partial charge on any atom is -0.391 e. The number of tetrazole rings is 1. The molecule has 1 aromatic heterocycles. The summed E-state index contributed by atoms with van der Waals surface area (Å²) in [5, 5.41) is 24.8. The van der Waals surface area contributed by atoms with Crippen molar-refractivity contribution in [1.29, 1.82) is 0 Å². The lowest BCUT2D eigenvalue weighted by molar-refractivity contribution is -0.126. The van der Waals surface area contributed by atoms with E-state index in [1.807, 2.05) is 35.2 Å². The van der Waals surface area contributed by atoms with E-state index >= 15 is 0 Å². The minimum atomic E-state index is -0.608. The Hall–Kier alpha value is -2.52. The van der Waals surface area contributed by atoms with Crippen LogP contribution in [0.5, 0.6) is 0 Å². The Bertz CT molecular complexity index is 677. The van der Waals surface area contributed by atoms with Gasteiger partial charge in [0.2, 0.25) is 11.9 Å². The van der Waals surface area contributed by atoms with E-state index in [2.05, 4.69) is 20.8 Å². The number of amides is 1. The SMILES string of the molecule is COCC(=O)N[C@@H]1CN(c2nnnn2-c2ccccc2)CC[C@H]1O. The summed E-state index contributed by atoms with van der Waals surface area (Å²) in [5.41, 5.74) is 0.851. The smallest absolute Gasteiger partial charge is 0.250 e. The summed E-state index contributed by atoms with van der Waals surface area (Å²) in [6, 6.07) is 9.17. The second kappa shape index (κ2) is 7.37. The van der Waals surface area contributed by atoms with Gasteiger partial charge in [-0.3, -0.25) is 4.79 Å². The van der Waals surface area contributed by atoms with Crippen molar-refractivity contribution in [2.45, 2.75) is 18.6 Å². The normalized spacial score (nSPS) is 20.8. The summed E-state index contributed by atoms with van der Waals surface area (Å²) in [6.45, 7) is 0.986. The Morgan fingerprint density at radius 3 is 2.96 bits per heavy atom. The summed E-state index contributed by atoms with van der Waals surface area (Å²) in [4.78, 5) is 13.7. The second-order valence-corrected chi connectivity index (χ2v) is 5.64. The third-order valence-electron chi connectivity index (χ3n) is 3.93. The van der Waals surface area contributed by atoms with Crippen molar-refractivity contribution in [3.8, 4) is 5.69 Å². The number of nitrogens with one attached hydrogen (secondary N) is 1. The number of hydrogen-bond acceptors (Lipinski definition) is 7. The van der Waals surface area contributed by atoms with E-state index in [9.17, 15) is 9.90 Å². The summed E-state index contributed by atoms with van der Waals surface area (Å²) in [5.74, 6) is 0.324. The van der Waals surface area contributed by atoms with Gasteiger partial charge in [0.05, 0.1) is 17.8 Å². The van der Waals surface area contributed by atoms with E-state index in [-0.39, 0.29) is 12.5 Å². The Balaban J connectivity index is 1.76. The van der Waals surface area contributed by atoms with Gasteiger partial charge in [-0.15, -0.1) is 0 Å². The molecule has 2 N–H and O–H groups in total. The number of benzene rings is 1. The lowest BCUT2D eigenvalue weighted by atomic mass is 10.0. The molecule has 1 saturated heterocycles. The number of nitrogens with zero attached hydrogens (tertiary/aromatic N) is 5. The molecule has 2 aromatic rings. The Labute approximate surface area is 139 Å². The van der Waals surface area contributed by atoms with Crippen LogP contribution in [0.4, 0.5) is 5.95 Å². The first-order valence-electron chi connectivity index (χ1n) is 7.74. The fourth-order valence-corrected chi connectivity index (χ4v) is 2.76. The number of aliphatic hydroxyl groups is 1. The quantitative estimate of drug-likeness (QED) is 0.750. The Morgan fingerprint density at radius 2 is 2.21 bits per heavy atom. The van der Waals surface area contributed by atoms with Crippen molar-refractivity contribution in [3.63, 3.8) is 0 Å². The first-order valence-corrected chi connectivity index (χ1v) is 7.74. The number of methoxy groups -OCH3 is 1. The number of piperidine rings is 1. The summed E-state index contributed by atoms with van der Waals surface area (Å²) >= 11 is 0. The molecule has 2 atom stereocenters. The number of aromatic nitrogens is 4. The van der Waals surface area contributed by atoms with Gasteiger partial charge in [0.25, 0.3) is 0 Å². The van der Waals surface area contributed by atoms with Crippen molar-refractivity contribution in [1.82, 2.24) is 25.5 Å². The van der Waals surface area contributed by atoms with Gasteiger partial charge in [-0.1, -0.05) is 23.3 Å². The molecule has 2 heterocycles. The van der Waals surface area contributed by atoms with Gasteiger partial charge in [-0.2, -0.15) is 4.68 Å². The molecule has 1 aliphatic heterocycles. The van der Waals surface area contributed by atoms with E-state index in [0.717, 1.165) is 5.69 Å². The number of carbonyl (C=O) groups excluding carboxylic acids is 1. The lowest BCUT2D eigenvalue weighted by Crippen LogP contribution is -2.56. The van der Waals surface area contributed by atoms with Crippen LogP contribution >= 0.6 is 0 Å². The van der Waals surface area contributed by atoms with Crippen LogP contribution in [0.15, 0.2) is 30.3 Å². The summed E-state index contributed by atoms with van der Waals surface area (Å²) in [6.07, 6.45) is -0.0948. The first-order chi connectivity index (χ1) is 11.7. The Kier molecular flexibility index (Phi) is 5.02. The molecule has 0 aliphatic carbocycles. The predicted octanol–water partition coefficient (Wildman–Crippen LogP) is -0.635. The molecule has 1 fully saturated rings. The van der Waals surface area contributed by atoms with Gasteiger partial charge in [-0.25, -0.2) is 0 Å². The van der Waals surface area contributed by atoms with E-state index in [4.69, 9.17) is 4.74 Å². The lowest BCUT2D eigenvalue weighted by Gasteiger charge is -2.36. The van der Waals surface area contributed by atoms with Crippen molar-refractivity contribution >= 4 is 11.9 Å². The number of ether oxygens (including phenoxy) is 1. The molecule has 0 radical (unpaired) electrons. The van der Waals surface area contributed by atoms with E-state index < -0.39 is 12.1 Å². The van der Waals surface area contributed by atoms with Gasteiger partial charge in [0.1, 0.15) is 6.61 Å². The van der Waals surface area contributed by atoms with Crippen LogP contribution < -0.4 is 10.2 Å². The largest absolute Gasteiger partial charge is 0.391 e. The fraction of sp³-hybridized carbons (Fsp3) is 0.467. The van der Waals surface area contributed by atoms with Gasteiger partial charge in [-0.05, 0) is 29.0 Å². The molecule has 1 amide bonds. The van der Waals surface area contributed by atoms with Crippen LogP contribution in [0.2, 0.25) is 0 Å². The average molecular weight is 332 g/mol. The molecule has 9 nitrogen and oxygen atoms in total. The fourth-order valence-electron chi connectivity index (χ4n) is 2.76. The molecular formula is C15H20N6O3. The molecule has 0 unspecified atom stereocenters. The highest BCUT2D eigenvalue weighted by atomic mass is 16.5. The summed E-state index contributed by atoms with van der Waals surface area (Å²) in [7, 11) is 1.46. The van der Waals surface area contributed by atoms with Crippen molar-refractivity contribution in [3.05, 3.63) is 30.3 Å². The predicted molar refractivity (Wildman–Crippen MR) is 85.8 cm³/mol. The monoisotopic (exact) mass is 332 g/mol. The molecule has 3 rings (SSSR count). The van der Waals surface area contributed by atoms with Crippen molar-refractivity contribution in [2.75, 3.05) is 31.7 Å². The van der Waals surface area contributed by atoms with Crippen LogP contribution in [-0.2, 0) is 9.53 Å². The van der Waals surface area contributed by atoms with Crippen LogP contribution in [0.25, 0.3) is 5.69 Å². The van der Waals surface area contributed by atoms with E-state index in [0.29, 0.717) is 25.5 Å². The van der Waals surface area contributed by atoms with Crippen LogP contribution in [0, 0.1) is 0 Å². The molecule has 0 spiro atoms. The second-order valence-electron chi connectivity index (χ2n) is 5.64. The zero-order valence-electron chi connectivity index (χ0n) is 13.4. The molecule has 0 bridgehead atoms. The third-order valence-corrected chi connectivity index (χ3v) is 3.93. The number of hydrogen-bond donors (Lipinski definition) is 2. The maximum atomic E-state index is 11.7. The van der Waals surface area contributed by atoms with E-state index in [1.165, 1.54) is 7.11 Å². The third kappa shape index (κ3) is 3.52. The van der Waals surface area contributed by atoms with E-state index in [1.54, 1.807) is 4.68 Å². The number of anilines is 1. The Morgan fingerprint density at radius 1 is 1.42 bits per heavy atom. The minimum absolute atomic E-state index is 0.0367. The highest BCUT2D eigenvalue weighted by molar-refractivity contribution is 5.77. The zero-order chi connectivity index (χ0) is 16.9. The molecule has 9 heteroatoms. The standard InChI is InChI=1S/C15H20N6O3/c1-24-10-14(23)16-12-9-20(8-7-13(12)22)15-17-18-19-21(15)11-5-3-2-4-6-11/h2-6,12-13,22H,7-10H2,1H3,(H,16,23)/t12-,13-/m1/s1. The van der Waals surface area contributed by atoms with Crippen LogP contribution in [0.1, 0.15) is 6.42 Å². The first kappa shape index (κ1) is 16.3. The van der Waals surface area contributed by atoms with Crippen LogP contribution in [-0.4, -0.2) is 70.2 Å². The van der Waals surface area contributed by atoms with Crippen molar-refractivity contribution < 1.29 is 14.6 Å². The van der Waals surface area contributed by atoms with Gasteiger partial charge in [0, 0.05) is 20.2 Å². The molecular weight excluding hydrogens is 312 g/mol. The van der Waals surface area contributed by atoms with Gasteiger partial charge >= 0.3 is 0 Å². The number of rotatable bonds is 5. The van der Waals surface area contributed by atoms with Gasteiger partial charge in [0.15, 0.2) is 0 Å². The van der Waals surface area contributed by atoms with Gasteiger partial charge < -0.3 is 20.1 Å². The molecule has 1 aliphatic rings. The number of carbonyl (C=O) groups is 1. The maximum Gasteiger partial charge on any atom is 0.250 e. The maximum absolute atomic E-state index is 11.7. The number of aliphatic hydroxyl groups excluding tert-OH is 1. The molecule has 24 heavy (non-hydrogen) atoms. The van der Waals surface area contributed by atoms with Crippen LogP contribution in [0.3, 0.4) is 0 Å². The zero-order valence-corrected chi connectivity index (χ0v) is 13.4. The summed E-state index contributed by atoms with van der Waals surface area (Å²) < 4.78 is 6.46. The highest BCUT2D eigenvalue weighted by Crippen LogP contribution is 2.20. The highest BCUT2D eigenvalue weighted by Gasteiger charge is 2.31. The topological polar surface area (TPSA) is 105 Å². The molecule has 128 valence electrons. The van der Waals surface area contributed by atoms with Crippen molar-refractivity contribution in [2.24, 2.45) is 0 Å². The molecule has 0 saturated carbocycles. The average Bonchev–Trinajstić information content (AvgIpc) is 3.07.